The van der Waals surface area contributed by atoms with Gasteiger partial charge in [0, 0.05) is 11.4 Å². The van der Waals surface area contributed by atoms with E-state index in [0.717, 1.165) is 0 Å². The summed E-state index contributed by atoms with van der Waals surface area (Å²) in [6.07, 6.45) is 0. The van der Waals surface area contributed by atoms with E-state index in [1.165, 1.54) is 28.4 Å². The second-order valence-corrected chi connectivity index (χ2v) is 12.0. The molecule has 3 aromatic carbocycles. The minimum absolute atomic E-state index is 0.167. The van der Waals surface area contributed by atoms with E-state index < -0.39 is 19.0 Å². The number of hydrogen-bond donors (Lipinski definition) is 0. The van der Waals surface area contributed by atoms with Crippen molar-refractivity contribution in [1.82, 2.24) is 0 Å². The van der Waals surface area contributed by atoms with Crippen LogP contribution >= 0.6 is 7.92 Å². The number of carbonyl (C=O) groups is 2. The first kappa shape index (κ1) is 31.8. The number of hydrogen-bond acceptors (Lipinski definition) is 8. The monoisotopic (exact) mass is 582 g/mol. The summed E-state index contributed by atoms with van der Waals surface area (Å²) in [5.74, 6) is 2.67. The Morgan fingerprint density at radius 2 is 1.02 bits per heavy atom. The Kier molecular flexibility index (Phi) is 11.4. The molecule has 0 radical (unpaired) electrons. The van der Waals surface area contributed by atoms with Crippen LogP contribution in [0.5, 0.6) is 34.5 Å². The molecule has 0 aliphatic carbocycles. The van der Waals surface area contributed by atoms with Gasteiger partial charge in [-0.05, 0) is 48.2 Å². The first-order valence-corrected chi connectivity index (χ1v) is 14.7. The van der Waals surface area contributed by atoms with Crippen LogP contribution in [0.25, 0.3) is 0 Å². The van der Waals surface area contributed by atoms with Gasteiger partial charge in [0.2, 0.25) is 11.0 Å². The van der Waals surface area contributed by atoms with Gasteiger partial charge in [-0.1, -0.05) is 39.8 Å². The molecular formula is C32H39O8P. The summed E-state index contributed by atoms with van der Waals surface area (Å²) in [5, 5.41) is 0.438. The minimum Gasteiger partial charge on any atom is -0.496 e. The fraction of sp³-hybridized carbons (Fsp3) is 0.375. The van der Waals surface area contributed by atoms with Crippen molar-refractivity contribution >= 4 is 24.3 Å². The van der Waals surface area contributed by atoms with Crippen molar-refractivity contribution in [3.63, 3.8) is 0 Å². The summed E-state index contributed by atoms with van der Waals surface area (Å²) in [6, 6.07) is 15.3. The molecule has 0 fully saturated rings. The molecule has 0 aromatic heterocycles. The summed E-state index contributed by atoms with van der Waals surface area (Å²) >= 11 is 0. The average Bonchev–Trinajstić information content (AvgIpc) is 2.98. The van der Waals surface area contributed by atoms with E-state index in [0.29, 0.717) is 58.9 Å². The molecule has 0 aliphatic heterocycles. The topological polar surface area (TPSA) is 89.5 Å². The molecule has 3 aromatic rings. The highest BCUT2D eigenvalue weighted by Gasteiger charge is 2.38. The van der Waals surface area contributed by atoms with Gasteiger partial charge in [-0.15, -0.1) is 0 Å². The predicted octanol–water partition coefficient (Wildman–Crippen LogP) is 6.58. The first-order chi connectivity index (χ1) is 19.7. The van der Waals surface area contributed by atoms with Crippen molar-refractivity contribution in [3.8, 4) is 34.5 Å². The highest BCUT2D eigenvalue weighted by atomic mass is 31.1. The van der Waals surface area contributed by atoms with Gasteiger partial charge >= 0.3 is 0 Å². The van der Waals surface area contributed by atoms with Crippen molar-refractivity contribution in [1.29, 1.82) is 0 Å². The Labute approximate surface area is 243 Å². The Morgan fingerprint density at radius 1 is 0.610 bits per heavy atom. The van der Waals surface area contributed by atoms with Gasteiger partial charge in [0.25, 0.3) is 0 Å². The lowest BCUT2D eigenvalue weighted by molar-refractivity contribution is 0.104. The quantitative estimate of drug-likeness (QED) is 0.186. The first-order valence-electron chi connectivity index (χ1n) is 13.4. The molecule has 0 saturated heterocycles. The maximum atomic E-state index is 14.6. The third-order valence-electron chi connectivity index (χ3n) is 6.02. The van der Waals surface area contributed by atoms with Gasteiger partial charge in [0.05, 0.1) is 49.6 Å². The molecule has 0 N–H and O–H groups in total. The minimum atomic E-state index is -2.28. The van der Waals surface area contributed by atoms with Crippen LogP contribution in [-0.2, 0) is 0 Å². The predicted molar refractivity (Wildman–Crippen MR) is 161 cm³/mol. The molecule has 0 saturated carbocycles. The number of methoxy groups -OCH3 is 4. The number of benzene rings is 3. The molecule has 0 heterocycles. The van der Waals surface area contributed by atoms with Gasteiger partial charge in [-0.25, -0.2) is 0 Å². The van der Waals surface area contributed by atoms with Crippen LogP contribution in [-0.4, -0.2) is 52.7 Å². The van der Waals surface area contributed by atoms with Crippen LogP contribution in [0.2, 0.25) is 0 Å². The van der Waals surface area contributed by atoms with Crippen molar-refractivity contribution in [2.45, 2.75) is 27.7 Å². The Morgan fingerprint density at radius 3 is 1.41 bits per heavy atom. The Bertz CT molecular complexity index is 1240. The lowest BCUT2D eigenvalue weighted by Gasteiger charge is -2.23. The van der Waals surface area contributed by atoms with E-state index in [1.54, 1.807) is 54.6 Å². The summed E-state index contributed by atoms with van der Waals surface area (Å²) in [5.41, 5.74) is -0.587. The van der Waals surface area contributed by atoms with Crippen LogP contribution in [0.3, 0.4) is 0 Å². The maximum absolute atomic E-state index is 14.6. The second-order valence-electron chi connectivity index (χ2n) is 10.1. The van der Waals surface area contributed by atoms with Crippen molar-refractivity contribution < 1.29 is 38.0 Å². The van der Waals surface area contributed by atoms with Crippen LogP contribution in [0.4, 0.5) is 0 Å². The maximum Gasteiger partial charge on any atom is 0.204 e. The van der Waals surface area contributed by atoms with E-state index in [2.05, 4.69) is 13.8 Å². The molecule has 0 atom stereocenters. The fourth-order valence-electron chi connectivity index (χ4n) is 4.06. The summed E-state index contributed by atoms with van der Waals surface area (Å²) in [4.78, 5) is 29.2. The summed E-state index contributed by atoms with van der Waals surface area (Å²) in [6.45, 7) is 9.05. The summed E-state index contributed by atoms with van der Waals surface area (Å²) < 4.78 is 34.4. The molecule has 3 rings (SSSR count). The van der Waals surface area contributed by atoms with E-state index in [9.17, 15) is 9.59 Å². The largest absolute Gasteiger partial charge is 0.496 e. The van der Waals surface area contributed by atoms with Crippen molar-refractivity contribution in [3.05, 3.63) is 65.7 Å². The van der Waals surface area contributed by atoms with Crippen LogP contribution in [0.15, 0.2) is 54.6 Å². The highest BCUT2D eigenvalue weighted by Crippen LogP contribution is 2.51. The third-order valence-corrected chi connectivity index (χ3v) is 8.13. The standard InChI is InChI=1S/C32H39O8P/c1-20(2)18-39-22-15-16-28(27(17-22)40-19-21(3)4)41(31(33)29-23(35-5)11-9-12-24(29)36-6)32(34)30-25(37-7)13-10-14-26(30)38-8/h9-17,20-21H,18-19H2,1-8H3. The van der Waals surface area contributed by atoms with Crippen LogP contribution < -0.4 is 33.7 Å². The zero-order valence-electron chi connectivity index (χ0n) is 25.0. The van der Waals surface area contributed by atoms with E-state index in [4.69, 9.17) is 28.4 Å². The second kappa shape index (κ2) is 14.7. The van der Waals surface area contributed by atoms with E-state index >= 15 is 0 Å². The average molecular weight is 583 g/mol. The Hall–Kier alpha value is -3.77. The van der Waals surface area contributed by atoms with Crippen molar-refractivity contribution in [2.75, 3.05) is 41.7 Å². The van der Waals surface area contributed by atoms with Crippen LogP contribution in [0.1, 0.15) is 48.4 Å². The fourth-order valence-corrected chi connectivity index (χ4v) is 6.15. The van der Waals surface area contributed by atoms with Crippen molar-refractivity contribution in [2.24, 2.45) is 11.8 Å². The van der Waals surface area contributed by atoms with Gasteiger partial charge < -0.3 is 28.4 Å². The molecule has 0 bridgehead atoms. The van der Waals surface area contributed by atoms with Gasteiger partial charge in [-0.2, -0.15) is 0 Å². The molecule has 0 amide bonds. The molecule has 41 heavy (non-hydrogen) atoms. The lowest BCUT2D eigenvalue weighted by atomic mass is 10.2. The normalized spacial score (nSPS) is 11.0. The molecule has 9 heteroatoms. The zero-order chi connectivity index (χ0) is 30.1. The van der Waals surface area contributed by atoms with E-state index in [1.807, 2.05) is 13.8 Å². The molecule has 8 nitrogen and oxygen atoms in total. The number of carbonyl (C=O) groups excluding carboxylic acids is 2. The molecule has 0 spiro atoms. The zero-order valence-corrected chi connectivity index (χ0v) is 25.9. The SMILES string of the molecule is COc1cccc(OC)c1C(=O)P(C(=O)c1c(OC)cccc1OC)c1ccc(OCC(C)C)cc1OCC(C)C. The molecule has 220 valence electrons. The smallest absolute Gasteiger partial charge is 0.204 e. The lowest BCUT2D eigenvalue weighted by Crippen LogP contribution is -2.21. The number of rotatable bonds is 15. The highest BCUT2D eigenvalue weighted by molar-refractivity contribution is 7.96. The van der Waals surface area contributed by atoms with Crippen LogP contribution in [0, 0.1) is 11.8 Å². The summed E-state index contributed by atoms with van der Waals surface area (Å²) in [7, 11) is 3.59. The molecule has 0 unspecified atom stereocenters. The third kappa shape index (κ3) is 7.50. The van der Waals surface area contributed by atoms with E-state index in [-0.39, 0.29) is 17.0 Å². The van der Waals surface area contributed by atoms with Gasteiger partial charge in [0.15, 0.2) is 0 Å². The number of ether oxygens (including phenoxy) is 6. The Balaban J connectivity index is 2.31. The molecular weight excluding hydrogens is 543 g/mol. The molecule has 0 aliphatic rings. The van der Waals surface area contributed by atoms with Gasteiger partial charge in [0.1, 0.15) is 45.6 Å². The van der Waals surface area contributed by atoms with Gasteiger partial charge in [-0.3, -0.25) is 9.59 Å².